The number of amides is 2. The molecule has 2 unspecified atom stereocenters. The molecule has 2 atom stereocenters. The van der Waals surface area contributed by atoms with E-state index < -0.39 is 29.7 Å². The van der Waals surface area contributed by atoms with Crippen molar-refractivity contribution in [2.45, 2.75) is 31.7 Å². The third-order valence-corrected chi connectivity index (χ3v) is 3.13. The lowest BCUT2D eigenvalue weighted by Gasteiger charge is -2.36. The van der Waals surface area contributed by atoms with Crippen molar-refractivity contribution in [1.82, 2.24) is 10.6 Å². The van der Waals surface area contributed by atoms with E-state index in [0.717, 1.165) is 19.6 Å². The first-order valence-corrected chi connectivity index (χ1v) is 6.67. The molecule has 1 aromatic carbocycles. The van der Waals surface area contributed by atoms with Gasteiger partial charge in [0.25, 0.3) is 5.91 Å². The second kappa shape index (κ2) is 7.02. The number of aliphatic hydroxyl groups is 3. The van der Waals surface area contributed by atoms with Gasteiger partial charge in [0.1, 0.15) is 6.17 Å². The van der Waals surface area contributed by atoms with E-state index in [1.165, 1.54) is 0 Å². The third kappa shape index (κ3) is 4.24. The lowest BCUT2D eigenvalue weighted by Crippen LogP contribution is -2.72. The first-order valence-electron chi connectivity index (χ1n) is 6.67. The molecule has 0 aromatic heterocycles. The van der Waals surface area contributed by atoms with Crippen molar-refractivity contribution in [3.8, 4) is 0 Å². The number of hydrogen-bond donors (Lipinski definition) is 6. The lowest BCUT2D eigenvalue weighted by molar-refractivity contribution is -0.394. The highest BCUT2D eigenvalue weighted by atomic mass is 16.8. The van der Waals surface area contributed by atoms with Gasteiger partial charge in [-0.3, -0.25) is 9.59 Å². The first kappa shape index (κ1) is 19.0. The standard InChI is InChI=1S/C14H21N3O6/c1-8-5-4-6-10(7-8)11(15)16-12(19)13(20,17-9(2)18)14(21,22)23-3/h4-7,11,20-22H,15H2,1-3H3,(H,16,19)(H,17,18). The van der Waals surface area contributed by atoms with Crippen LogP contribution in [0, 0.1) is 6.92 Å². The Morgan fingerprint density at radius 2 is 1.91 bits per heavy atom. The molecule has 0 aliphatic heterocycles. The predicted octanol–water partition coefficient (Wildman–Crippen LogP) is -1.82. The van der Waals surface area contributed by atoms with Gasteiger partial charge in [-0.05, 0) is 12.5 Å². The Balaban J connectivity index is 3.04. The largest absolute Gasteiger partial charge is 0.357 e. The van der Waals surface area contributed by atoms with Crippen LogP contribution in [-0.2, 0) is 14.3 Å². The predicted molar refractivity (Wildman–Crippen MR) is 79.2 cm³/mol. The summed E-state index contributed by atoms with van der Waals surface area (Å²) in [5.74, 6) is -5.61. The number of nitrogens with one attached hydrogen (secondary N) is 2. The first-order chi connectivity index (χ1) is 10.5. The maximum Gasteiger partial charge on any atom is 0.338 e. The average Bonchev–Trinajstić information content (AvgIpc) is 2.46. The third-order valence-electron chi connectivity index (χ3n) is 3.13. The van der Waals surface area contributed by atoms with Gasteiger partial charge in [0.2, 0.25) is 5.91 Å². The number of aryl methyl sites for hydroxylation is 1. The number of rotatable bonds is 6. The van der Waals surface area contributed by atoms with E-state index in [4.69, 9.17) is 5.73 Å². The van der Waals surface area contributed by atoms with E-state index >= 15 is 0 Å². The molecule has 0 saturated carbocycles. The molecule has 9 nitrogen and oxygen atoms in total. The molecule has 9 heteroatoms. The topological polar surface area (TPSA) is 154 Å². The Labute approximate surface area is 133 Å². The van der Waals surface area contributed by atoms with Gasteiger partial charge in [-0.1, -0.05) is 29.8 Å². The molecule has 23 heavy (non-hydrogen) atoms. The summed E-state index contributed by atoms with van der Waals surface area (Å²) in [7, 11) is 0.834. The smallest absolute Gasteiger partial charge is 0.338 e. The Morgan fingerprint density at radius 1 is 1.30 bits per heavy atom. The second-order valence-electron chi connectivity index (χ2n) is 5.07. The molecule has 0 saturated heterocycles. The summed E-state index contributed by atoms with van der Waals surface area (Å²) >= 11 is 0. The molecule has 0 bridgehead atoms. The van der Waals surface area contributed by atoms with E-state index in [9.17, 15) is 24.9 Å². The molecule has 0 spiro atoms. The fourth-order valence-corrected chi connectivity index (χ4v) is 1.88. The van der Waals surface area contributed by atoms with Gasteiger partial charge >= 0.3 is 11.7 Å². The summed E-state index contributed by atoms with van der Waals surface area (Å²) in [5.41, 5.74) is 4.06. The molecule has 7 N–H and O–H groups in total. The molecular formula is C14H21N3O6. The lowest BCUT2D eigenvalue weighted by atomic mass is 10.1. The van der Waals surface area contributed by atoms with Crippen LogP contribution in [0.2, 0.25) is 0 Å². The van der Waals surface area contributed by atoms with Crippen LogP contribution in [0.4, 0.5) is 0 Å². The van der Waals surface area contributed by atoms with Crippen molar-refractivity contribution in [1.29, 1.82) is 0 Å². The SMILES string of the molecule is COC(O)(O)C(O)(NC(C)=O)C(=O)NC(N)c1cccc(C)c1. The maximum atomic E-state index is 12.2. The maximum absolute atomic E-state index is 12.2. The number of benzene rings is 1. The number of methoxy groups -OCH3 is 1. The summed E-state index contributed by atoms with van der Waals surface area (Å²) < 4.78 is 4.28. The summed E-state index contributed by atoms with van der Waals surface area (Å²) in [4.78, 5) is 23.4. The number of hydrogen-bond acceptors (Lipinski definition) is 7. The van der Waals surface area contributed by atoms with Crippen LogP contribution in [0.5, 0.6) is 0 Å². The highest BCUT2D eigenvalue weighted by Gasteiger charge is 2.57. The summed E-state index contributed by atoms with van der Waals surface area (Å²) in [6.07, 6.45) is -1.06. The summed E-state index contributed by atoms with van der Waals surface area (Å²) in [6.45, 7) is 2.80. The fourth-order valence-electron chi connectivity index (χ4n) is 1.88. The van der Waals surface area contributed by atoms with Crippen molar-refractivity contribution in [3.63, 3.8) is 0 Å². The Hall–Kier alpha value is -2.04. The van der Waals surface area contributed by atoms with Crippen LogP contribution in [0.15, 0.2) is 24.3 Å². The van der Waals surface area contributed by atoms with E-state index in [2.05, 4.69) is 10.1 Å². The molecule has 0 heterocycles. The molecule has 0 aliphatic rings. The zero-order valence-corrected chi connectivity index (χ0v) is 13.0. The number of carbonyl (C=O) groups excluding carboxylic acids is 2. The molecule has 128 valence electrons. The van der Waals surface area contributed by atoms with E-state index in [1.807, 2.05) is 13.0 Å². The Kier molecular flexibility index (Phi) is 5.81. The molecule has 1 rings (SSSR count). The minimum absolute atomic E-state index is 0.516. The van der Waals surface area contributed by atoms with Gasteiger partial charge in [-0.2, -0.15) is 0 Å². The van der Waals surface area contributed by atoms with Crippen LogP contribution >= 0.6 is 0 Å². The Bertz CT molecular complexity index is 592. The normalized spacial score (nSPS) is 15.4. The van der Waals surface area contributed by atoms with Crippen LogP contribution in [0.25, 0.3) is 0 Å². The van der Waals surface area contributed by atoms with Gasteiger partial charge in [0.15, 0.2) is 0 Å². The monoisotopic (exact) mass is 327 g/mol. The Morgan fingerprint density at radius 3 is 2.39 bits per heavy atom. The van der Waals surface area contributed by atoms with Gasteiger partial charge in [-0.25, -0.2) is 0 Å². The highest BCUT2D eigenvalue weighted by molar-refractivity contribution is 5.90. The minimum Gasteiger partial charge on any atom is -0.357 e. The van der Waals surface area contributed by atoms with Crippen LogP contribution in [0.3, 0.4) is 0 Å². The van der Waals surface area contributed by atoms with Gasteiger partial charge in [0.05, 0.1) is 0 Å². The molecule has 2 amide bonds. The van der Waals surface area contributed by atoms with E-state index in [-0.39, 0.29) is 0 Å². The average molecular weight is 327 g/mol. The van der Waals surface area contributed by atoms with Crippen molar-refractivity contribution in [3.05, 3.63) is 35.4 Å². The quantitative estimate of drug-likeness (QED) is 0.336. The van der Waals surface area contributed by atoms with Crippen molar-refractivity contribution < 1.29 is 29.6 Å². The molecule has 0 radical (unpaired) electrons. The zero-order valence-electron chi connectivity index (χ0n) is 13.0. The minimum atomic E-state index is -3.37. The number of nitrogens with two attached hydrogens (primary N) is 1. The van der Waals surface area contributed by atoms with Gasteiger partial charge in [0, 0.05) is 14.0 Å². The summed E-state index contributed by atoms with van der Waals surface area (Å²) in [6, 6.07) is 6.87. The van der Waals surface area contributed by atoms with Crippen molar-refractivity contribution >= 4 is 11.8 Å². The van der Waals surface area contributed by atoms with E-state index in [0.29, 0.717) is 5.56 Å². The fraction of sp³-hybridized carbons (Fsp3) is 0.429. The van der Waals surface area contributed by atoms with E-state index in [1.54, 1.807) is 23.5 Å². The molecule has 1 aromatic rings. The highest BCUT2D eigenvalue weighted by Crippen LogP contribution is 2.20. The van der Waals surface area contributed by atoms with Crippen molar-refractivity contribution in [2.75, 3.05) is 7.11 Å². The summed E-state index contributed by atoms with van der Waals surface area (Å²) in [5, 5.41) is 33.4. The van der Waals surface area contributed by atoms with Crippen LogP contribution in [-0.4, -0.2) is 45.9 Å². The van der Waals surface area contributed by atoms with Crippen LogP contribution in [0.1, 0.15) is 24.2 Å². The second-order valence-corrected chi connectivity index (χ2v) is 5.07. The molecular weight excluding hydrogens is 306 g/mol. The molecule has 0 aliphatic carbocycles. The van der Waals surface area contributed by atoms with Crippen LogP contribution < -0.4 is 16.4 Å². The van der Waals surface area contributed by atoms with Gasteiger partial charge < -0.3 is 36.4 Å². The zero-order chi connectivity index (χ0) is 17.8. The van der Waals surface area contributed by atoms with Gasteiger partial charge in [-0.15, -0.1) is 0 Å². The van der Waals surface area contributed by atoms with Crippen molar-refractivity contribution in [2.24, 2.45) is 5.73 Å². The molecule has 0 fully saturated rings. The number of carbonyl (C=O) groups is 2. The number of ether oxygens (including phenoxy) is 1.